The van der Waals surface area contributed by atoms with E-state index in [1.165, 1.54) is 0 Å². The third-order valence-electron chi connectivity index (χ3n) is 1.91. The number of halogens is 4. The highest BCUT2D eigenvalue weighted by molar-refractivity contribution is 9.10. The van der Waals surface area contributed by atoms with Crippen molar-refractivity contribution in [3.8, 4) is 0 Å². The molecule has 0 saturated heterocycles. The van der Waals surface area contributed by atoms with Gasteiger partial charge in [-0.25, -0.2) is 0 Å². The quantitative estimate of drug-likeness (QED) is 0.815. The number of benzene rings is 1. The molecule has 0 aliphatic carbocycles. The molecule has 1 rings (SSSR count). The molecule has 1 N–H and O–H groups in total. The highest BCUT2D eigenvalue weighted by Crippen LogP contribution is 2.14. The minimum absolute atomic E-state index is 0.0491. The van der Waals surface area contributed by atoms with Crippen molar-refractivity contribution in [2.24, 2.45) is 0 Å². The SMILES string of the molecule is FC(F)(F)COCCNCc1cccc(Br)c1. The fourth-order valence-electron chi connectivity index (χ4n) is 1.21. The third-order valence-corrected chi connectivity index (χ3v) is 2.40. The molecule has 17 heavy (non-hydrogen) atoms. The van der Waals surface area contributed by atoms with Crippen molar-refractivity contribution in [3.05, 3.63) is 34.3 Å². The van der Waals surface area contributed by atoms with Gasteiger partial charge in [0.15, 0.2) is 0 Å². The van der Waals surface area contributed by atoms with E-state index in [9.17, 15) is 13.2 Å². The van der Waals surface area contributed by atoms with Crippen molar-refractivity contribution >= 4 is 15.9 Å². The molecule has 2 nitrogen and oxygen atoms in total. The van der Waals surface area contributed by atoms with Crippen molar-refractivity contribution < 1.29 is 17.9 Å². The maximum absolute atomic E-state index is 11.7. The lowest BCUT2D eigenvalue weighted by Crippen LogP contribution is -2.23. The van der Waals surface area contributed by atoms with Gasteiger partial charge < -0.3 is 10.1 Å². The monoisotopic (exact) mass is 311 g/mol. The van der Waals surface area contributed by atoms with Gasteiger partial charge in [0.2, 0.25) is 0 Å². The first-order chi connectivity index (χ1) is 7.97. The summed E-state index contributed by atoms with van der Waals surface area (Å²) in [6.07, 6.45) is -4.25. The number of ether oxygens (including phenoxy) is 1. The average Bonchev–Trinajstić information content (AvgIpc) is 2.22. The smallest absolute Gasteiger partial charge is 0.371 e. The van der Waals surface area contributed by atoms with Gasteiger partial charge >= 0.3 is 6.18 Å². The van der Waals surface area contributed by atoms with Gasteiger partial charge in [-0.05, 0) is 17.7 Å². The van der Waals surface area contributed by atoms with Crippen LogP contribution in [0.25, 0.3) is 0 Å². The first-order valence-corrected chi connectivity index (χ1v) is 5.86. The van der Waals surface area contributed by atoms with E-state index in [0.29, 0.717) is 13.1 Å². The zero-order valence-electron chi connectivity index (χ0n) is 9.06. The van der Waals surface area contributed by atoms with Crippen molar-refractivity contribution in [1.29, 1.82) is 0 Å². The molecule has 0 radical (unpaired) electrons. The first-order valence-electron chi connectivity index (χ1n) is 5.07. The molecule has 1 aromatic carbocycles. The Kier molecular flexibility index (Phi) is 5.94. The summed E-state index contributed by atoms with van der Waals surface area (Å²) in [6.45, 7) is -0.142. The lowest BCUT2D eigenvalue weighted by Gasteiger charge is -2.08. The van der Waals surface area contributed by atoms with Gasteiger partial charge in [0.25, 0.3) is 0 Å². The highest BCUT2D eigenvalue weighted by atomic mass is 79.9. The van der Waals surface area contributed by atoms with Crippen LogP contribution in [0.15, 0.2) is 28.7 Å². The van der Waals surface area contributed by atoms with E-state index in [0.717, 1.165) is 10.0 Å². The molecular weight excluding hydrogens is 299 g/mol. The fraction of sp³-hybridized carbons (Fsp3) is 0.455. The molecule has 96 valence electrons. The number of nitrogens with one attached hydrogen (secondary N) is 1. The largest absolute Gasteiger partial charge is 0.411 e. The van der Waals surface area contributed by atoms with E-state index >= 15 is 0 Å². The predicted octanol–water partition coefficient (Wildman–Crippen LogP) is 3.12. The van der Waals surface area contributed by atoms with Gasteiger partial charge in [-0.3, -0.25) is 0 Å². The summed E-state index contributed by atoms with van der Waals surface area (Å²) in [4.78, 5) is 0. The first kappa shape index (κ1) is 14.5. The van der Waals surface area contributed by atoms with Crippen LogP contribution in [0.5, 0.6) is 0 Å². The molecule has 0 atom stereocenters. The Labute approximate surface area is 106 Å². The summed E-state index contributed by atoms with van der Waals surface area (Å²) in [7, 11) is 0. The second kappa shape index (κ2) is 6.98. The second-order valence-corrected chi connectivity index (χ2v) is 4.39. The number of rotatable bonds is 6. The standard InChI is InChI=1S/C11H13BrF3NO/c12-10-3-1-2-9(6-10)7-16-4-5-17-8-11(13,14)15/h1-3,6,16H,4-5,7-8H2. The summed E-state index contributed by atoms with van der Waals surface area (Å²) >= 11 is 3.34. The van der Waals surface area contributed by atoms with Crippen molar-refractivity contribution in [3.63, 3.8) is 0 Å². The Morgan fingerprint density at radius 1 is 1.29 bits per heavy atom. The Morgan fingerprint density at radius 3 is 2.71 bits per heavy atom. The van der Waals surface area contributed by atoms with Crippen LogP contribution in [-0.4, -0.2) is 25.9 Å². The minimum Gasteiger partial charge on any atom is -0.371 e. The summed E-state index contributed by atoms with van der Waals surface area (Å²) in [5, 5.41) is 3.00. The fourth-order valence-corrected chi connectivity index (χ4v) is 1.66. The Bertz CT molecular complexity index is 344. The summed E-state index contributed by atoms with van der Waals surface area (Å²) in [5.74, 6) is 0. The molecule has 1 aromatic rings. The molecular formula is C11H13BrF3NO. The molecule has 6 heteroatoms. The highest BCUT2D eigenvalue weighted by Gasteiger charge is 2.27. The molecule has 0 heterocycles. The van der Waals surface area contributed by atoms with Crippen LogP contribution in [0, 0.1) is 0 Å². The molecule has 0 bridgehead atoms. The lowest BCUT2D eigenvalue weighted by atomic mass is 10.2. The Morgan fingerprint density at radius 2 is 2.06 bits per heavy atom. The molecule has 0 spiro atoms. The number of alkyl halides is 3. The van der Waals surface area contributed by atoms with Crippen molar-refractivity contribution in [2.45, 2.75) is 12.7 Å². The third kappa shape index (κ3) is 7.36. The van der Waals surface area contributed by atoms with Gasteiger partial charge in [0.05, 0.1) is 6.61 Å². The lowest BCUT2D eigenvalue weighted by molar-refractivity contribution is -0.173. The normalized spacial score (nSPS) is 11.8. The Hall–Kier alpha value is -0.590. The van der Waals surface area contributed by atoms with Crippen LogP contribution in [0.4, 0.5) is 13.2 Å². The maximum atomic E-state index is 11.7. The maximum Gasteiger partial charge on any atom is 0.411 e. The predicted molar refractivity (Wildman–Crippen MR) is 62.7 cm³/mol. The van der Waals surface area contributed by atoms with Gasteiger partial charge in [-0.2, -0.15) is 13.2 Å². The van der Waals surface area contributed by atoms with E-state index in [4.69, 9.17) is 0 Å². The topological polar surface area (TPSA) is 21.3 Å². The summed E-state index contributed by atoms with van der Waals surface area (Å²) in [5.41, 5.74) is 1.06. The molecule has 0 saturated carbocycles. The molecule has 0 fully saturated rings. The number of hydrogen-bond acceptors (Lipinski definition) is 2. The van der Waals surface area contributed by atoms with Crippen molar-refractivity contribution in [2.75, 3.05) is 19.8 Å². The van der Waals surface area contributed by atoms with Crippen LogP contribution in [-0.2, 0) is 11.3 Å². The zero-order chi connectivity index (χ0) is 12.7. The van der Waals surface area contributed by atoms with E-state index < -0.39 is 12.8 Å². The van der Waals surface area contributed by atoms with Gasteiger partial charge in [0, 0.05) is 17.6 Å². The molecule has 0 amide bonds. The van der Waals surface area contributed by atoms with Crippen LogP contribution in [0.3, 0.4) is 0 Å². The Balaban J connectivity index is 2.09. The second-order valence-electron chi connectivity index (χ2n) is 3.47. The summed E-state index contributed by atoms with van der Waals surface area (Å²) in [6, 6.07) is 7.70. The van der Waals surface area contributed by atoms with E-state index in [2.05, 4.69) is 26.0 Å². The molecule has 0 unspecified atom stereocenters. The van der Waals surface area contributed by atoms with E-state index in [-0.39, 0.29) is 6.61 Å². The van der Waals surface area contributed by atoms with Gasteiger partial charge in [0.1, 0.15) is 6.61 Å². The van der Waals surface area contributed by atoms with E-state index in [1.807, 2.05) is 24.3 Å². The molecule has 0 aliphatic heterocycles. The van der Waals surface area contributed by atoms with Crippen LogP contribution in [0.1, 0.15) is 5.56 Å². The van der Waals surface area contributed by atoms with Crippen LogP contribution < -0.4 is 5.32 Å². The van der Waals surface area contributed by atoms with Gasteiger partial charge in [-0.1, -0.05) is 28.1 Å². The van der Waals surface area contributed by atoms with Crippen LogP contribution >= 0.6 is 15.9 Å². The zero-order valence-corrected chi connectivity index (χ0v) is 10.6. The van der Waals surface area contributed by atoms with Crippen molar-refractivity contribution in [1.82, 2.24) is 5.32 Å². The molecule has 0 aliphatic rings. The van der Waals surface area contributed by atoms with Crippen LogP contribution in [0.2, 0.25) is 0 Å². The number of hydrogen-bond donors (Lipinski definition) is 1. The average molecular weight is 312 g/mol. The van der Waals surface area contributed by atoms with Gasteiger partial charge in [-0.15, -0.1) is 0 Å². The molecule has 0 aromatic heterocycles. The minimum atomic E-state index is -4.25. The summed E-state index contributed by atoms with van der Waals surface area (Å²) < 4.78 is 40.6. The van der Waals surface area contributed by atoms with E-state index in [1.54, 1.807) is 0 Å².